The van der Waals surface area contributed by atoms with Crippen LogP contribution >= 0.6 is 12.4 Å². The van der Waals surface area contributed by atoms with Crippen molar-refractivity contribution < 1.29 is 0 Å². The molecule has 2 aromatic heterocycles. The van der Waals surface area contributed by atoms with Crippen LogP contribution in [0.15, 0.2) is 42.9 Å². The number of aromatic nitrogens is 4. The number of nitrogens with one attached hydrogen (secondary N) is 1. The van der Waals surface area contributed by atoms with Gasteiger partial charge in [0.1, 0.15) is 12.1 Å². The summed E-state index contributed by atoms with van der Waals surface area (Å²) in [6.07, 6.45) is 3.41. The molecule has 0 unspecified atom stereocenters. The van der Waals surface area contributed by atoms with Gasteiger partial charge in [0, 0.05) is 13.1 Å². The molecule has 6 nitrogen and oxygen atoms in total. The Morgan fingerprint density at radius 2 is 1.83 bits per heavy atom. The molecular formula is C17H23ClN6. The van der Waals surface area contributed by atoms with Crippen LogP contribution in [-0.4, -0.2) is 50.8 Å². The topological polar surface area (TPSA) is 58.9 Å². The molecule has 0 aliphatic carbocycles. The summed E-state index contributed by atoms with van der Waals surface area (Å²) in [6, 6.07) is 10.0. The van der Waals surface area contributed by atoms with Gasteiger partial charge >= 0.3 is 0 Å². The first-order valence-electron chi connectivity index (χ1n) is 8.03. The van der Waals surface area contributed by atoms with Crippen LogP contribution < -0.4 is 5.32 Å². The Bertz CT molecular complexity index is 754. The van der Waals surface area contributed by atoms with Crippen molar-refractivity contribution in [3.05, 3.63) is 42.9 Å². The SMILES string of the molecule is CCN(CC)CCNc1ncnc2c1cnn2-c1ccccc1.Cl. The molecule has 0 saturated carbocycles. The van der Waals surface area contributed by atoms with Gasteiger partial charge in [-0.1, -0.05) is 32.0 Å². The zero-order valence-electron chi connectivity index (χ0n) is 14.0. The van der Waals surface area contributed by atoms with E-state index in [9.17, 15) is 0 Å². The molecule has 7 heteroatoms. The Balaban J connectivity index is 0.00000208. The Hall–Kier alpha value is -2.18. The van der Waals surface area contributed by atoms with Crippen LogP contribution in [0.25, 0.3) is 16.7 Å². The summed E-state index contributed by atoms with van der Waals surface area (Å²) in [5.74, 6) is 0.837. The van der Waals surface area contributed by atoms with Crippen LogP contribution in [0.4, 0.5) is 5.82 Å². The average molecular weight is 347 g/mol. The van der Waals surface area contributed by atoms with Crippen LogP contribution in [-0.2, 0) is 0 Å². The minimum absolute atomic E-state index is 0. The van der Waals surface area contributed by atoms with E-state index in [2.05, 4.69) is 39.1 Å². The van der Waals surface area contributed by atoms with Crippen molar-refractivity contribution in [2.75, 3.05) is 31.5 Å². The monoisotopic (exact) mass is 346 g/mol. The number of benzene rings is 1. The first kappa shape index (κ1) is 18.2. The van der Waals surface area contributed by atoms with E-state index >= 15 is 0 Å². The number of hydrogen-bond donors (Lipinski definition) is 1. The fourth-order valence-corrected chi connectivity index (χ4v) is 2.62. The third-order valence-electron chi connectivity index (χ3n) is 3.98. The molecule has 0 spiro atoms. The highest BCUT2D eigenvalue weighted by molar-refractivity contribution is 5.87. The number of anilines is 1. The average Bonchev–Trinajstić information content (AvgIpc) is 3.04. The van der Waals surface area contributed by atoms with Crippen molar-refractivity contribution in [1.82, 2.24) is 24.6 Å². The number of nitrogens with zero attached hydrogens (tertiary/aromatic N) is 5. The number of halogens is 1. The molecule has 0 saturated heterocycles. The molecule has 0 amide bonds. The largest absolute Gasteiger partial charge is 0.368 e. The Kier molecular flexibility index (Phi) is 6.52. The fraction of sp³-hybridized carbons (Fsp3) is 0.353. The third-order valence-corrected chi connectivity index (χ3v) is 3.98. The molecule has 0 aliphatic rings. The van der Waals surface area contributed by atoms with Gasteiger partial charge in [-0.3, -0.25) is 0 Å². The van der Waals surface area contributed by atoms with Crippen LogP contribution in [0.3, 0.4) is 0 Å². The van der Waals surface area contributed by atoms with Crippen molar-refractivity contribution in [3.63, 3.8) is 0 Å². The number of hydrogen-bond acceptors (Lipinski definition) is 5. The van der Waals surface area contributed by atoms with E-state index in [-0.39, 0.29) is 12.4 Å². The summed E-state index contributed by atoms with van der Waals surface area (Å²) in [4.78, 5) is 11.1. The second kappa shape index (κ2) is 8.61. The zero-order chi connectivity index (χ0) is 16.1. The number of likely N-dealkylation sites (N-methyl/N-ethyl adjacent to an activating group) is 1. The zero-order valence-corrected chi connectivity index (χ0v) is 14.8. The summed E-state index contributed by atoms with van der Waals surface area (Å²) < 4.78 is 1.84. The summed E-state index contributed by atoms with van der Waals surface area (Å²) in [5.41, 5.74) is 1.81. The van der Waals surface area contributed by atoms with E-state index in [1.165, 1.54) is 0 Å². The fourth-order valence-electron chi connectivity index (χ4n) is 2.62. The lowest BCUT2D eigenvalue weighted by molar-refractivity contribution is 0.316. The minimum Gasteiger partial charge on any atom is -0.368 e. The van der Waals surface area contributed by atoms with Crippen molar-refractivity contribution in [2.24, 2.45) is 0 Å². The second-order valence-electron chi connectivity index (χ2n) is 5.31. The molecule has 3 rings (SSSR count). The lowest BCUT2D eigenvalue weighted by Gasteiger charge is -2.18. The van der Waals surface area contributed by atoms with Crippen LogP contribution in [0, 0.1) is 0 Å². The number of para-hydroxylation sites is 1. The molecule has 0 fully saturated rings. The van der Waals surface area contributed by atoms with Crippen LogP contribution in [0.2, 0.25) is 0 Å². The van der Waals surface area contributed by atoms with Crippen LogP contribution in [0.1, 0.15) is 13.8 Å². The quantitative estimate of drug-likeness (QED) is 0.712. The minimum atomic E-state index is 0. The van der Waals surface area contributed by atoms with Crippen molar-refractivity contribution >= 4 is 29.3 Å². The van der Waals surface area contributed by atoms with E-state index in [4.69, 9.17) is 0 Å². The van der Waals surface area contributed by atoms with Crippen molar-refractivity contribution in [3.8, 4) is 5.69 Å². The summed E-state index contributed by atoms with van der Waals surface area (Å²) >= 11 is 0. The molecule has 2 heterocycles. The first-order valence-corrected chi connectivity index (χ1v) is 8.03. The molecule has 1 aromatic carbocycles. The molecular weight excluding hydrogens is 324 g/mol. The molecule has 0 bridgehead atoms. The van der Waals surface area contributed by atoms with E-state index < -0.39 is 0 Å². The standard InChI is InChI=1S/C17H22N6.ClH/c1-3-22(4-2)11-10-18-16-15-12-21-23(17(15)20-13-19-16)14-8-6-5-7-9-14;/h5-9,12-13H,3-4,10-11H2,1-2H3,(H,18,19,20);1H. The molecule has 0 aliphatic heterocycles. The first-order chi connectivity index (χ1) is 11.3. The molecule has 128 valence electrons. The van der Waals surface area contributed by atoms with Gasteiger partial charge in [-0.2, -0.15) is 5.10 Å². The highest BCUT2D eigenvalue weighted by Crippen LogP contribution is 2.21. The van der Waals surface area contributed by atoms with Gasteiger partial charge in [-0.05, 0) is 25.2 Å². The van der Waals surface area contributed by atoms with E-state index in [1.807, 2.05) is 41.2 Å². The van der Waals surface area contributed by atoms with Gasteiger partial charge in [0.15, 0.2) is 5.65 Å². The molecule has 24 heavy (non-hydrogen) atoms. The maximum absolute atomic E-state index is 4.47. The van der Waals surface area contributed by atoms with E-state index in [0.29, 0.717) is 0 Å². The summed E-state index contributed by atoms with van der Waals surface area (Å²) in [6.45, 7) is 8.31. The maximum atomic E-state index is 4.47. The molecule has 0 radical (unpaired) electrons. The lowest BCUT2D eigenvalue weighted by Crippen LogP contribution is -2.28. The molecule has 3 aromatic rings. The third kappa shape index (κ3) is 3.83. The lowest BCUT2D eigenvalue weighted by atomic mass is 10.3. The van der Waals surface area contributed by atoms with Crippen LogP contribution in [0.5, 0.6) is 0 Å². The van der Waals surface area contributed by atoms with Gasteiger partial charge in [0.2, 0.25) is 0 Å². The normalized spacial score (nSPS) is 10.8. The molecule has 0 atom stereocenters. The Morgan fingerprint density at radius 1 is 1.08 bits per heavy atom. The number of fused-ring (bicyclic) bond motifs is 1. The summed E-state index contributed by atoms with van der Waals surface area (Å²) in [5, 5.41) is 8.81. The number of rotatable bonds is 7. The highest BCUT2D eigenvalue weighted by Gasteiger charge is 2.10. The van der Waals surface area contributed by atoms with Crippen molar-refractivity contribution in [2.45, 2.75) is 13.8 Å². The predicted octanol–water partition coefficient (Wildman–Crippen LogP) is 2.99. The maximum Gasteiger partial charge on any atom is 0.168 e. The molecule has 1 N–H and O–H groups in total. The van der Waals surface area contributed by atoms with E-state index in [1.54, 1.807) is 6.33 Å². The smallest absolute Gasteiger partial charge is 0.168 e. The van der Waals surface area contributed by atoms with Gasteiger partial charge < -0.3 is 10.2 Å². The van der Waals surface area contributed by atoms with Crippen molar-refractivity contribution in [1.29, 1.82) is 0 Å². The van der Waals surface area contributed by atoms with Gasteiger partial charge in [-0.15, -0.1) is 12.4 Å². The summed E-state index contributed by atoms with van der Waals surface area (Å²) in [7, 11) is 0. The van der Waals surface area contributed by atoms with Gasteiger partial charge in [0.25, 0.3) is 0 Å². The van der Waals surface area contributed by atoms with E-state index in [0.717, 1.165) is 48.7 Å². The second-order valence-corrected chi connectivity index (χ2v) is 5.31. The van der Waals surface area contributed by atoms with Gasteiger partial charge in [-0.25, -0.2) is 14.6 Å². The predicted molar refractivity (Wildman–Crippen MR) is 100 cm³/mol. The Labute approximate surface area is 148 Å². The van der Waals surface area contributed by atoms with Gasteiger partial charge in [0.05, 0.1) is 17.3 Å². The highest BCUT2D eigenvalue weighted by atomic mass is 35.5. The Morgan fingerprint density at radius 3 is 2.54 bits per heavy atom.